The zero-order valence-electron chi connectivity index (χ0n) is 15.1. The molecule has 0 unspecified atom stereocenters. The molecule has 2 aliphatic rings. The molecule has 1 N–H and O–H groups in total. The molecule has 0 radical (unpaired) electrons. The van der Waals surface area contributed by atoms with Gasteiger partial charge in [-0.3, -0.25) is 9.69 Å². The Kier molecular flexibility index (Phi) is 5.09. The third-order valence-corrected chi connectivity index (χ3v) is 5.60. The molecule has 1 saturated heterocycles. The highest BCUT2D eigenvalue weighted by atomic mass is 16.5. The summed E-state index contributed by atoms with van der Waals surface area (Å²) in [7, 11) is 0. The number of benzene rings is 1. The highest BCUT2D eigenvalue weighted by molar-refractivity contribution is 5.95. The fraction of sp³-hybridized carbons (Fsp3) is 0.476. The zero-order chi connectivity index (χ0) is 17.8. The predicted molar refractivity (Wildman–Crippen MR) is 98.9 cm³/mol. The van der Waals surface area contributed by atoms with Crippen LogP contribution in [0.4, 0.5) is 0 Å². The number of hydrogen-bond acceptors (Lipinski definition) is 4. The molecule has 26 heavy (non-hydrogen) atoms. The monoisotopic (exact) mass is 354 g/mol. The fourth-order valence-corrected chi connectivity index (χ4v) is 4.13. The van der Waals surface area contributed by atoms with E-state index in [0.29, 0.717) is 12.1 Å². The van der Waals surface area contributed by atoms with E-state index >= 15 is 0 Å². The van der Waals surface area contributed by atoms with Crippen LogP contribution in [-0.2, 0) is 16.8 Å². The van der Waals surface area contributed by atoms with E-state index in [4.69, 9.17) is 9.15 Å². The number of nitrogens with zero attached hydrogens (tertiary/aromatic N) is 1. The number of rotatable bonds is 5. The summed E-state index contributed by atoms with van der Waals surface area (Å²) in [4.78, 5) is 15.4. The number of nitrogens with one attached hydrogen (secondary N) is 1. The molecule has 0 spiro atoms. The van der Waals surface area contributed by atoms with Crippen molar-refractivity contribution in [1.29, 1.82) is 0 Å². The molecule has 1 aliphatic carbocycles. The van der Waals surface area contributed by atoms with Gasteiger partial charge >= 0.3 is 0 Å². The van der Waals surface area contributed by atoms with Crippen LogP contribution in [-0.4, -0.2) is 37.1 Å². The molecule has 5 heteroatoms. The SMILES string of the molecule is O=C(NC1(c2ccccc2)CCCC1)c1ccoc1CN1CCOCC1. The second-order valence-corrected chi connectivity index (χ2v) is 7.26. The average Bonchev–Trinajstić information content (AvgIpc) is 3.34. The van der Waals surface area contributed by atoms with Gasteiger partial charge in [0.05, 0.1) is 37.1 Å². The largest absolute Gasteiger partial charge is 0.467 e. The first kappa shape index (κ1) is 17.3. The van der Waals surface area contributed by atoms with Crippen molar-refractivity contribution in [3.05, 3.63) is 59.5 Å². The van der Waals surface area contributed by atoms with Gasteiger partial charge in [0, 0.05) is 13.1 Å². The summed E-state index contributed by atoms with van der Waals surface area (Å²) < 4.78 is 11.0. The highest BCUT2D eigenvalue weighted by Crippen LogP contribution is 2.39. The third kappa shape index (κ3) is 3.55. The van der Waals surface area contributed by atoms with E-state index in [-0.39, 0.29) is 11.4 Å². The minimum absolute atomic E-state index is 0.0345. The van der Waals surface area contributed by atoms with Crippen molar-refractivity contribution < 1.29 is 13.9 Å². The van der Waals surface area contributed by atoms with Gasteiger partial charge in [-0.05, 0) is 24.5 Å². The lowest BCUT2D eigenvalue weighted by atomic mass is 9.88. The van der Waals surface area contributed by atoms with Crippen molar-refractivity contribution in [2.75, 3.05) is 26.3 Å². The first-order valence-corrected chi connectivity index (χ1v) is 9.51. The Morgan fingerprint density at radius 1 is 1.08 bits per heavy atom. The number of morpholine rings is 1. The van der Waals surface area contributed by atoms with Crippen molar-refractivity contribution in [2.24, 2.45) is 0 Å². The topological polar surface area (TPSA) is 54.7 Å². The number of amides is 1. The van der Waals surface area contributed by atoms with Crippen molar-refractivity contribution in [2.45, 2.75) is 37.8 Å². The van der Waals surface area contributed by atoms with E-state index in [1.807, 2.05) is 18.2 Å². The van der Waals surface area contributed by atoms with E-state index in [2.05, 4.69) is 22.3 Å². The maximum absolute atomic E-state index is 13.1. The summed E-state index contributed by atoms with van der Waals surface area (Å²) in [6, 6.07) is 12.1. The zero-order valence-corrected chi connectivity index (χ0v) is 15.1. The molecule has 2 heterocycles. The Morgan fingerprint density at radius 2 is 1.81 bits per heavy atom. The van der Waals surface area contributed by atoms with E-state index in [1.54, 1.807) is 12.3 Å². The standard InChI is InChI=1S/C21H26N2O3/c24-20(18-8-13-26-19(18)16-23-11-14-25-15-12-23)22-21(9-4-5-10-21)17-6-2-1-3-7-17/h1-3,6-8,13H,4-5,9-12,14-16H2,(H,22,24). The van der Waals surface area contributed by atoms with Crippen LogP contribution in [0.25, 0.3) is 0 Å². The minimum atomic E-state index is -0.258. The summed E-state index contributed by atoms with van der Waals surface area (Å²) in [5.41, 5.74) is 1.59. The van der Waals surface area contributed by atoms with Gasteiger partial charge in [0.2, 0.25) is 0 Å². The fourth-order valence-electron chi connectivity index (χ4n) is 4.13. The van der Waals surface area contributed by atoms with Crippen LogP contribution in [0.2, 0.25) is 0 Å². The van der Waals surface area contributed by atoms with Crippen molar-refractivity contribution in [1.82, 2.24) is 10.2 Å². The van der Waals surface area contributed by atoms with Crippen LogP contribution in [0.1, 0.15) is 47.4 Å². The van der Waals surface area contributed by atoms with Gasteiger partial charge < -0.3 is 14.5 Å². The van der Waals surface area contributed by atoms with Crippen molar-refractivity contribution in [3.8, 4) is 0 Å². The average molecular weight is 354 g/mol. The molecule has 1 aliphatic heterocycles. The molecule has 1 aromatic heterocycles. The molecule has 5 nitrogen and oxygen atoms in total. The lowest BCUT2D eigenvalue weighted by molar-refractivity contribution is 0.0311. The molecule has 0 bridgehead atoms. The summed E-state index contributed by atoms with van der Waals surface area (Å²) in [6.07, 6.45) is 5.87. The van der Waals surface area contributed by atoms with Crippen LogP contribution < -0.4 is 5.32 Å². The van der Waals surface area contributed by atoms with Crippen LogP contribution in [0.5, 0.6) is 0 Å². The Hall–Kier alpha value is -2.11. The Balaban J connectivity index is 1.52. The van der Waals surface area contributed by atoms with Crippen LogP contribution in [0.15, 0.2) is 47.1 Å². The molecular weight excluding hydrogens is 328 g/mol. The highest BCUT2D eigenvalue weighted by Gasteiger charge is 2.37. The van der Waals surface area contributed by atoms with Gasteiger partial charge in [-0.25, -0.2) is 0 Å². The first-order valence-electron chi connectivity index (χ1n) is 9.51. The predicted octanol–water partition coefficient (Wildman–Crippen LogP) is 3.31. The number of carbonyl (C=O) groups is 1. The molecular formula is C21H26N2O3. The Labute approximate surface area is 154 Å². The quantitative estimate of drug-likeness (QED) is 0.895. The van der Waals surface area contributed by atoms with E-state index in [9.17, 15) is 4.79 Å². The second kappa shape index (κ2) is 7.64. The van der Waals surface area contributed by atoms with Gasteiger partial charge in [0.15, 0.2) is 0 Å². The van der Waals surface area contributed by atoms with Gasteiger partial charge in [-0.15, -0.1) is 0 Å². The lowest BCUT2D eigenvalue weighted by Gasteiger charge is -2.31. The summed E-state index contributed by atoms with van der Waals surface area (Å²) in [5, 5.41) is 3.35. The van der Waals surface area contributed by atoms with Gasteiger partial charge in [-0.2, -0.15) is 0 Å². The normalized spacial score (nSPS) is 20.2. The molecule has 0 atom stereocenters. The number of ether oxygens (including phenoxy) is 1. The molecule has 4 rings (SSSR count). The maximum atomic E-state index is 13.1. The number of furan rings is 1. The van der Waals surface area contributed by atoms with E-state index < -0.39 is 0 Å². The van der Waals surface area contributed by atoms with Crippen LogP contribution in [0, 0.1) is 0 Å². The number of hydrogen-bond donors (Lipinski definition) is 1. The molecule has 1 saturated carbocycles. The van der Waals surface area contributed by atoms with E-state index in [0.717, 1.165) is 57.7 Å². The van der Waals surface area contributed by atoms with Crippen molar-refractivity contribution >= 4 is 5.91 Å². The second-order valence-electron chi connectivity index (χ2n) is 7.26. The third-order valence-electron chi connectivity index (χ3n) is 5.60. The van der Waals surface area contributed by atoms with E-state index in [1.165, 1.54) is 5.56 Å². The summed E-state index contributed by atoms with van der Waals surface area (Å²) >= 11 is 0. The molecule has 1 amide bonds. The van der Waals surface area contributed by atoms with Crippen LogP contribution >= 0.6 is 0 Å². The smallest absolute Gasteiger partial charge is 0.255 e. The maximum Gasteiger partial charge on any atom is 0.255 e. The molecule has 2 aromatic rings. The molecule has 138 valence electrons. The minimum Gasteiger partial charge on any atom is -0.467 e. The molecule has 2 fully saturated rings. The van der Waals surface area contributed by atoms with Gasteiger partial charge in [0.1, 0.15) is 5.76 Å². The lowest BCUT2D eigenvalue weighted by Crippen LogP contribution is -2.44. The van der Waals surface area contributed by atoms with Crippen molar-refractivity contribution in [3.63, 3.8) is 0 Å². The van der Waals surface area contributed by atoms with Gasteiger partial charge in [-0.1, -0.05) is 43.2 Å². The first-order chi connectivity index (χ1) is 12.8. The molecule has 1 aromatic carbocycles. The van der Waals surface area contributed by atoms with Gasteiger partial charge in [0.25, 0.3) is 5.91 Å². The number of carbonyl (C=O) groups excluding carboxylic acids is 1. The van der Waals surface area contributed by atoms with Crippen LogP contribution in [0.3, 0.4) is 0 Å². The Morgan fingerprint density at radius 3 is 2.54 bits per heavy atom. The summed E-state index contributed by atoms with van der Waals surface area (Å²) in [5.74, 6) is 0.707. The Bertz CT molecular complexity index is 729. The summed E-state index contributed by atoms with van der Waals surface area (Å²) in [6.45, 7) is 3.86.